The molecule has 1 aromatic carbocycles. The van der Waals surface area contributed by atoms with Gasteiger partial charge in [0.15, 0.2) is 0 Å². The van der Waals surface area contributed by atoms with Gasteiger partial charge in [0.1, 0.15) is 5.69 Å². The fourth-order valence-electron chi connectivity index (χ4n) is 1.32. The van der Waals surface area contributed by atoms with Crippen molar-refractivity contribution in [2.75, 3.05) is 0 Å². The lowest BCUT2D eigenvalue weighted by molar-refractivity contribution is -0.669. The Balaban J connectivity index is 2.19. The van der Waals surface area contributed by atoms with Crippen LogP contribution in [0.3, 0.4) is 0 Å². The molecular formula is C11H10N2O. The predicted octanol–water partition coefficient (Wildman–Crippen LogP) is 1.31. The molecule has 0 aliphatic rings. The number of hydrogen-bond acceptors (Lipinski definition) is 2. The molecule has 0 amide bonds. The fraction of sp³-hybridized carbons (Fsp3) is 0.0909. The topological polar surface area (TPSA) is 39.8 Å². The molecule has 2 rings (SSSR count). The molecule has 2 aromatic rings. The zero-order chi connectivity index (χ0) is 9.80. The van der Waals surface area contributed by atoms with Crippen molar-refractivity contribution in [3.8, 4) is 0 Å². The number of rotatable bonds is 2. The molecular weight excluding hydrogens is 176 g/mol. The van der Waals surface area contributed by atoms with Gasteiger partial charge in [-0.2, -0.15) is 0 Å². The van der Waals surface area contributed by atoms with E-state index in [-0.39, 0.29) is 0 Å². The molecule has 0 radical (unpaired) electrons. The summed E-state index contributed by atoms with van der Waals surface area (Å²) in [4.78, 5) is 0.582. The van der Waals surface area contributed by atoms with Crippen LogP contribution in [0.25, 0.3) is 0 Å². The van der Waals surface area contributed by atoms with Gasteiger partial charge in [-0.1, -0.05) is 35.2 Å². The van der Waals surface area contributed by atoms with Gasteiger partial charge in [-0.25, -0.2) is 0 Å². The molecule has 70 valence electrons. The Bertz CT molecular complexity index is 415. The van der Waals surface area contributed by atoms with E-state index in [0.29, 0.717) is 11.3 Å². The summed E-state index contributed by atoms with van der Waals surface area (Å²) in [6.07, 6.45) is 2.08. The summed E-state index contributed by atoms with van der Waals surface area (Å²) in [6, 6.07) is 13.5. The summed E-state index contributed by atoms with van der Waals surface area (Å²) >= 11 is 0. The van der Waals surface area contributed by atoms with Crippen molar-refractivity contribution in [1.29, 1.82) is 0 Å². The van der Waals surface area contributed by atoms with Gasteiger partial charge in [-0.05, 0) is 11.6 Å². The average molecular weight is 186 g/mol. The van der Waals surface area contributed by atoms with E-state index in [0.717, 1.165) is 11.3 Å². The highest BCUT2D eigenvalue weighted by Crippen LogP contribution is 2.04. The Hall–Kier alpha value is -1.90. The Kier molecular flexibility index (Phi) is 2.40. The summed E-state index contributed by atoms with van der Waals surface area (Å²) in [7, 11) is 0. The lowest BCUT2D eigenvalue weighted by Gasteiger charge is -1.99. The first-order valence-corrected chi connectivity index (χ1v) is 4.44. The lowest BCUT2D eigenvalue weighted by Crippen LogP contribution is -2.31. The normalized spacial score (nSPS) is 10.0. The van der Waals surface area contributed by atoms with Crippen molar-refractivity contribution < 1.29 is 4.85 Å². The van der Waals surface area contributed by atoms with E-state index in [1.165, 1.54) is 6.20 Å². The first-order chi connectivity index (χ1) is 6.84. The van der Waals surface area contributed by atoms with Crippen LogP contribution in [-0.4, -0.2) is 5.10 Å². The van der Waals surface area contributed by atoms with Gasteiger partial charge in [0, 0.05) is 17.6 Å². The van der Waals surface area contributed by atoms with E-state index < -0.39 is 0 Å². The highest BCUT2D eigenvalue weighted by Gasteiger charge is 2.00. The van der Waals surface area contributed by atoms with Crippen molar-refractivity contribution >= 4 is 0 Å². The quantitative estimate of drug-likeness (QED) is 0.524. The monoisotopic (exact) mass is 186 g/mol. The highest BCUT2D eigenvalue weighted by molar-refractivity contribution is 5.20. The number of hydrogen-bond donors (Lipinski definition) is 0. The molecule has 1 aromatic heterocycles. The van der Waals surface area contributed by atoms with E-state index in [1.54, 1.807) is 6.07 Å². The molecule has 14 heavy (non-hydrogen) atoms. The van der Waals surface area contributed by atoms with Crippen LogP contribution in [-0.2, 0) is 6.42 Å². The van der Waals surface area contributed by atoms with E-state index in [9.17, 15) is 5.21 Å². The van der Waals surface area contributed by atoms with Crippen molar-refractivity contribution in [3.05, 3.63) is 65.1 Å². The minimum atomic E-state index is 0.582. The molecule has 0 aliphatic carbocycles. The summed E-state index contributed by atoms with van der Waals surface area (Å²) in [5.41, 5.74) is 1.94. The molecule has 0 spiro atoms. The van der Waals surface area contributed by atoms with E-state index >= 15 is 0 Å². The third-order valence-corrected chi connectivity index (χ3v) is 1.96. The maximum absolute atomic E-state index is 10.9. The average Bonchev–Trinajstić information content (AvgIpc) is 2.19. The molecule has 3 nitrogen and oxygen atoms in total. The van der Waals surface area contributed by atoms with Crippen LogP contribution in [0.2, 0.25) is 0 Å². The molecule has 0 saturated heterocycles. The Morgan fingerprint density at radius 3 is 2.57 bits per heavy atom. The second kappa shape index (κ2) is 3.87. The van der Waals surface area contributed by atoms with Crippen LogP contribution in [0.1, 0.15) is 11.3 Å². The molecule has 0 atom stereocenters. The molecule has 0 fully saturated rings. The third-order valence-electron chi connectivity index (χ3n) is 1.96. The number of nitrogens with zero attached hydrogens (tertiary/aromatic N) is 2. The standard InChI is InChI=1S/C11H10N2O/c14-13-8-4-7-11(12-13)9-10-5-2-1-3-6-10/h1-8H,9H2. The smallest absolute Gasteiger partial charge is 0.209 e. The second-order valence-electron chi connectivity index (χ2n) is 3.06. The molecule has 0 saturated carbocycles. The van der Waals surface area contributed by atoms with Gasteiger partial charge in [0.2, 0.25) is 6.20 Å². The summed E-state index contributed by atoms with van der Waals surface area (Å²) in [5, 5.41) is 14.7. The largest absolute Gasteiger partial charge is 0.594 e. The van der Waals surface area contributed by atoms with E-state index in [4.69, 9.17) is 0 Å². The van der Waals surface area contributed by atoms with Gasteiger partial charge in [-0.15, -0.1) is 0 Å². The van der Waals surface area contributed by atoms with Crippen molar-refractivity contribution in [2.24, 2.45) is 0 Å². The highest BCUT2D eigenvalue weighted by atomic mass is 16.5. The van der Waals surface area contributed by atoms with Crippen molar-refractivity contribution in [2.45, 2.75) is 6.42 Å². The fourth-order valence-corrected chi connectivity index (χ4v) is 1.32. The summed E-state index contributed by atoms with van der Waals surface area (Å²) in [6.45, 7) is 0. The third kappa shape index (κ3) is 2.07. The molecule has 1 heterocycles. The first-order valence-electron chi connectivity index (χ1n) is 4.44. The summed E-state index contributed by atoms with van der Waals surface area (Å²) < 4.78 is 0. The minimum absolute atomic E-state index is 0.582. The Morgan fingerprint density at radius 2 is 1.86 bits per heavy atom. The van der Waals surface area contributed by atoms with Crippen LogP contribution in [0, 0.1) is 5.21 Å². The van der Waals surface area contributed by atoms with Gasteiger partial charge in [0.25, 0.3) is 0 Å². The van der Waals surface area contributed by atoms with Crippen LogP contribution < -0.4 is 4.85 Å². The SMILES string of the molecule is [O-][n+]1cccc(Cc2ccccc2)n1. The number of aromatic nitrogens is 2. The maximum atomic E-state index is 10.9. The molecule has 0 unspecified atom stereocenters. The lowest BCUT2D eigenvalue weighted by atomic mass is 10.1. The Labute approximate surface area is 82.2 Å². The van der Waals surface area contributed by atoms with Crippen molar-refractivity contribution in [1.82, 2.24) is 5.10 Å². The van der Waals surface area contributed by atoms with Gasteiger partial charge >= 0.3 is 0 Å². The minimum Gasteiger partial charge on any atom is -0.594 e. The van der Waals surface area contributed by atoms with Crippen LogP contribution >= 0.6 is 0 Å². The zero-order valence-electron chi connectivity index (χ0n) is 7.63. The van der Waals surface area contributed by atoms with Crippen LogP contribution in [0.5, 0.6) is 0 Å². The van der Waals surface area contributed by atoms with Crippen LogP contribution in [0.15, 0.2) is 48.7 Å². The number of benzene rings is 1. The van der Waals surface area contributed by atoms with Gasteiger partial charge < -0.3 is 5.21 Å². The molecule has 0 aliphatic heterocycles. The second-order valence-corrected chi connectivity index (χ2v) is 3.06. The van der Waals surface area contributed by atoms with Crippen molar-refractivity contribution in [3.63, 3.8) is 0 Å². The zero-order valence-corrected chi connectivity index (χ0v) is 7.63. The Morgan fingerprint density at radius 1 is 1.07 bits per heavy atom. The molecule has 3 heteroatoms. The summed E-state index contributed by atoms with van der Waals surface area (Å²) in [5.74, 6) is 0. The molecule has 0 N–H and O–H groups in total. The van der Waals surface area contributed by atoms with E-state index in [1.807, 2.05) is 36.4 Å². The van der Waals surface area contributed by atoms with E-state index in [2.05, 4.69) is 5.10 Å². The maximum Gasteiger partial charge on any atom is 0.209 e. The van der Waals surface area contributed by atoms with Gasteiger partial charge in [0.05, 0.1) is 0 Å². The predicted molar refractivity (Wildman–Crippen MR) is 52.4 cm³/mol. The first kappa shape index (κ1) is 8.69. The van der Waals surface area contributed by atoms with Gasteiger partial charge in [-0.3, -0.25) is 0 Å². The molecule has 0 bridgehead atoms. The van der Waals surface area contributed by atoms with Crippen LogP contribution in [0.4, 0.5) is 0 Å².